The first-order chi connectivity index (χ1) is 29.5. The predicted molar refractivity (Wildman–Crippen MR) is 252 cm³/mol. The van der Waals surface area contributed by atoms with Gasteiger partial charge in [0.25, 0.3) is 7.82 Å². The van der Waals surface area contributed by atoms with Gasteiger partial charge in [0.1, 0.15) is 19.8 Å². The van der Waals surface area contributed by atoms with Crippen LogP contribution < -0.4 is 4.89 Å². The number of allylic oxidation sites excluding steroid dienone is 2. The average Bonchev–Trinajstić information content (AvgIpc) is 3.20. The fourth-order valence-corrected chi connectivity index (χ4v) is 9.47. The molecule has 1 saturated heterocycles. The molecular weight excluding hydrogens is 804 g/mol. The number of phosphoric ester groups is 1. The van der Waals surface area contributed by atoms with Crippen LogP contribution in [-0.4, -0.2) is 90.4 Å². The summed E-state index contributed by atoms with van der Waals surface area (Å²) in [7, 11) is -0.680. The van der Waals surface area contributed by atoms with Crippen molar-refractivity contribution in [2.45, 2.75) is 257 Å². The molecule has 2 atom stereocenters. The normalized spacial score (nSPS) is 17.3. The number of nitrogens with zero attached hydrogens (tertiary/aromatic N) is 2. The highest BCUT2D eigenvalue weighted by atomic mass is 31.2. The van der Waals surface area contributed by atoms with Gasteiger partial charge in [-0.2, -0.15) is 5.06 Å². The molecule has 366 valence electrons. The first-order valence-electron chi connectivity index (χ1n) is 25.4. The second-order valence-corrected chi connectivity index (χ2v) is 21.6. The standard InChI is InChI=1S/C50H97N2O9P/c1-9-11-13-15-17-19-21-23-24-26-28-30-32-34-36-38-48(54)61-46(43-58-47(53)37-35-33-31-29-27-25-22-20-18-16-14-12-10-2)44-60-62(56,57)59-40-39-52(7,8)45-41-49(3,4)51(55)50(5,6)42-45/h23-24,45-46,55H,9-22,25-44H2,1-8H3/b24-23-/t46-/m1/s1. The minimum atomic E-state index is -4.77. The van der Waals surface area contributed by atoms with Crippen molar-refractivity contribution >= 4 is 19.8 Å². The zero-order chi connectivity index (χ0) is 46.2. The molecule has 0 bridgehead atoms. The summed E-state index contributed by atoms with van der Waals surface area (Å²) >= 11 is 0. The minimum absolute atomic E-state index is 0.0952. The summed E-state index contributed by atoms with van der Waals surface area (Å²) in [6.07, 6.45) is 36.2. The molecule has 0 aromatic rings. The molecule has 1 N–H and O–H groups in total. The first kappa shape index (κ1) is 58.7. The zero-order valence-electron chi connectivity index (χ0n) is 41.4. The Morgan fingerprint density at radius 1 is 0.661 bits per heavy atom. The second-order valence-electron chi connectivity index (χ2n) is 20.2. The molecule has 0 aromatic carbocycles. The molecule has 1 heterocycles. The molecule has 1 rings (SSSR count). The van der Waals surface area contributed by atoms with E-state index in [1.165, 1.54) is 114 Å². The highest BCUT2D eigenvalue weighted by molar-refractivity contribution is 7.45. The third-order valence-electron chi connectivity index (χ3n) is 12.8. The number of ether oxygens (including phenoxy) is 2. The maximum atomic E-state index is 12.9. The lowest BCUT2D eigenvalue weighted by Crippen LogP contribution is -2.66. The summed E-state index contributed by atoms with van der Waals surface area (Å²) in [5, 5.41) is 12.2. The van der Waals surface area contributed by atoms with Crippen molar-refractivity contribution in [2.75, 3.05) is 40.5 Å². The summed E-state index contributed by atoms with van der Waals surface area (Å²) in [5.74, 6) is -0.865. The highest BCUT2D eigenvalue weighted by Gasteiger charge is 2.50. The molecule has 0 radical (unpaired) electrons. The van der Waals surface area contributed by atoms with E-state index in [4.69, 9.17) is 18.5 Å². The largest absolute Gasteiger partial charge is 0.756 e. The van der Waals surface area contributed by atoms with Crippen LogP contribution in [0.3, 0.4) is 0 Å². The van der Waals surface area contributed by atoms with E-state index >= 15 is 0 Å². The number of phosphoric acid groups is 1. The molecular formula is C50H97N2O9P. The monoisotopic (exact) mass is 901 g/mol. The Bertz CT molecular complexity index is 1210. The lowest BCUT2D eigenvalue weighted by atomic mass is 9.77. The smallest absolute Gasteiger partial charge is 0.306 e. The van der Waals surface area contributed by atoms with Crippen molar-refractivity contribution in [3.63, 3.8) is 0 Å². The van der Waals surface area contributed by atoms with Gasteiger partial charge in [-0.1, -0.05) is 154 Å². The molecule has 1 fully saturated rings. The molecule has 1 unspecified atom stereocenters. The lowest BCUT2D eigenvalue weighted by Gasteiger charge is -2.54. The number of carbonyl (C=O) groups is 2. The minimum Gasteiger partial charge on any atom is -0.756 e. The number of hydrogen-bond acceptors (Lipinski definition) is 10. The summed E-state index contributed by atoms with van der Waals surface area (Å²) in [6, 6.07) is 0.166. The van der Waals surface area contributed by atoms with Gasteiger partial charge >= 0.3 is 11.9 Å². The van der Waals surface area contributed by atoms with Crippen LogP contribution in [0.5, 0.6) is 0 Å². The van der Waals surface area contributed by atoms with E-state index in [2.05, 4.69) is 26.0 Å². The van der Waals surface area contributed by atoms with Crippen molar-refractivity contribution in [3.05, 3.63) is 12.2 Å². The van der Waals surface area contributed by atoms with Gasteiger partial charge < -0.3 is 33.1 Å². The van der Waals surface area contributed by atoms with Crippen LogP contribution in [0, 0.1) is 0 Å². The third kappa shape index (κ3) is 29.3. The van der Waals surface area contributed by atoms with Crippen LogP contribution in [0.2, 0.25) is 0 Å². The van der Waals surface area contributed by atoms with Gasteiger partial charge in [0.15, 0.2) is 6.10 Å². The number of hydroxylamine groups is 2. The van der Waals surface area contributed by atoms with Gasteiger partial charge in [-0.15, -0.1) is 0 Å². The van der Waals surface area contributed by atoms with Crippen LogP contribution in [0.15, 0.2) is 12.2 Å². The number of likely N-dealkylation sites (N-methyl/N-ethyl adjacent to an activating group) is 1. The number of carbonyl (C=O) groups excluding carboxylic acids is 2. The number of esters is 2. The second kappa shape index (κ2) is 34.0. The zero-order valence-corrected chi connectivity index (χ0v) is 42.3. The number of quaternary nitrogens is 1. The maximum absolute atomic E-state index is 12.9. The van der Waals surface area contributed by atoms with Gasteiger partial charge in [0, 0.05) is 36.8 Å². The molecule has 0 amide bonds. The first-order valence-corrected chi connectivity index (χ1v) is 26.8. The molecule has 0 aromatic heterocycles. The Morgan fingerprint density at radius 3 is 1.52 bits per heavy atom. The lowest BCUT2D eigenvalue weighted by molar-refractivity contribution is -0.918. The Balaban J connectivity index is 2.53. The van der Waals surface area contributed by atoms with Crippen LogP contribution in [0.1, 0.15) is 234 Å². The third-order valence-corrected chi connectivity index (χ3v) is 13.8. The van der Waals surface area contributed by atoms with Crippen LogP contribution in [-0.2, 0) is 32.7 Å². The Morgan fingerprint density at radius 2 is 1.06 bits per heavy atom. The van der Waals surface area contributed by atoms with Crippen LogP contribution in [0.4, 0.5) is 0 Å². The molecule has 12 heteroatoms. The van der Waals surface area contributed by atoms with Crippen molar-refractivity contribution in [3.8, 4) is 0 Å². The van der Waals surface area contributed by atoms with Gasteiger partial charge in [0.2, 0.25) is 0 Å². The van der Waals surface area contributed by atoms with Crippen molar-refractivity contribution in [1.82, 2.24) is 5.06 Å². The summed E-state index contributed by atoms with van der Waals surface area (Å²) in [6.45, 7) is 12.1. The van der Waals surface area contributed by atoms with E-state index in [1.807, 2.05) is 41.8 Å². The maximum Gasteiger partial charge on any atom is 0.306 e. The molecule has 62 heavy (non-hydrogen) atoms. The molecule has 1 aliphatic heterocycles. The van der Waals surface area contributed by atoms with E-state index in [1.54, 1.807) is 0 Å². The Hall–Kier alpha value is -1.33. The van der Waals surface area contributed by atoms with Crippen molar-refractivity contribution in [2.24, 2.45) is 0 Å². The SMILES string of the molecule is CCCCCCCC/C=C\CCCCCCCC(=O)O[C@H](COC(=O)CCCCCCCCCCCCCCC)COP(=O)([O-])OCC[N+](C)(C)C1CC(C)(C)N(O)C(C)(C)C1. The van der Waals surface area contributed by atoms with Gasteiger partial charge in [-0.25, -0.2) is 0 Å². The molecule has 0 aliphatic carbocycles. The van der Waals surface area contributed by atoms with Crippen molar-refractivity contribution in [1.29, 1.82) is 0 Å². The number of unbranched alkanes of at least 4 members (excludes halogenated alkanes) is 23. The fraction of sp³-hybridized carbons (Fsp3) is 0.920. The van der Waals surface area contributed by atoms with E-state index in [9.17, 15) is 24.3 Å². The number of piperidine rings is 1. The van der Waals surface area contributed by atoms with E-state index in [-0.39, 0.29) is 32.1 Å². The van der Waals surface area contributed by atoms with Gasteiger partial charge in [0.05, 0.1) is 26.7 Å². The van der Waals surface area contributed by atoms with Crippen LogP contribution in [0.25, 0.3) is 0 Å². The summed E-state index contributed by atoms with van der Waals surface area (Å²) in [4.78, 5) is 38.5. The van der Waals surface area contributed by atoms with Gasteiger partial charge in [-0.05, 0) is 66.2 Å². The number of rotatable bonds is 40. The van der Waals surface area contributed by atoms with E-state index < -0.39 is 43.6 Å². The van der Waals surface area contributed by atoms with Crippen LogP contribution >= 0.6 is 7.82 Å². The molecule has 11 nitrogen and oxygen atoms in total. The van der Waals surface area contributed by atoms with Gasteiger partial charge in [-0.3, -0.25) is 14.2 Å². The quantitative estimate of drug-likeness (QED) is 0.0208. The van der Waals surface area contributed by atoms with E-state index in [0.717, 1.165) is 64.2 Å². The summed E-state index contributed by atoms with van der Waals surface area (Å²) in [5.41, 5.74) is -0.877. The summed E-state index contributed by atoms with van der Waals surface area (Å²) < 4.78 is 35.1. The number of hydrogen-bond donors (Lipinski definition) is 1. The Labute approximate surface area is 381 Å². The average molecular weight is 901 g/mol. The fourth-order valence-electron chi connectivity index (χ4n) is 8.74. The predicted octanol–water partition coefficient (Wildman–Crippen LogP) is 12.9. The van der Waals surface area contributed by atoms with E-state index in [0.29, 0.717) is 17.4 Å². The Kier molecular flexibility index (Phi) is 32.2. The topological polar surface area (TPSA) is 135 Å². The molecule has 1 aliphatic rings. The van der Waals surface area contributed by atoms with Crippen molar-refractivity contribution < 1.29 is 47.3 Å². The molecule has 0 spiro atoms. The highest BCUT2D eigenvalue weighted by Crippen LogP contribution is 2.41. The molecule has 0 saturated carbocycles.